The van der Waals surface area contributed by atoms with Crippen LogP contribution in [0.15, 0.2) is 30.3 Å². The normalized spacial score (nSPS) is 13.6. The van der Waals surface area contributed by atoms with E-state index in [0.717, 1.165) is 6.42 Å². The molecule has 19 heavy (non-hydrogen) atoms. The van der Waals surface area contributed by atoms with Crippen LogP contribution in [0.5, 0.6) is 0 Å². The highest BCUT2D eigenvalue weighted by molar-refractivity contribution is 5.97. The highest BCUT2D eigenvalue weighted by Gasteiger charge is 2.25. The van der Waals surface area contributed by atoms with Crippen molar-refractivity contribution >= 4 is 11.8 Å². The highest BCUT2D eigenvalue weighted by Crippen LogP contribution is 2.09. The number of ether oxygens (including phenoxy) is 1. The van der Waals surface area contributed by atoms with Gasteiger partial charge >= 0.3 is 5.97 Å². The van der Waals surface area contributed by atoms with Crippen molar-refractivity contribution in [1.29, 1.82) is 0 Å². The number of ketones is 1. The molecular weight excluding hydrogens is 242 g/mol. The first-order valence-corrected chi connectivity index (χ1v) is 6.49. The maximum absolute atomic E-state index is 12.0. The van der Waals surface area contributed by atoms with Crippen LogP contribution in [0.2, 0.25) is 0 Å². The molecule has 0 saturated carbocycles. The van der Waals surface area contributed by atoms with E-state index in [0.29, 0.717) is 5.56 Å². The maximum Gasteiger partial charge on any atom is 0.323 e. The molecule has 0 aliphatic carbocycles. The van der Waals surface area contributed by atoms with Gasteiger partial charge in [-0.2, -0.15) is 0 Å². The van der Waals surface area contributed by atoms with Crippen molar-refractivity contribution in [3.63, 3.8) is 0 Å². The molecule has 0 radical (unpaired) electrons. The van der Waals surface area contributed by atoms with Crippen LogP contribution in [0, 0.1) is 5.92 Å². The second-order valence-electron chi connectivity index (χ2n) is 4.56. The molecule has 0 bridgehead atoms. The summed E-state index contributed by atoms with van der Waals surface area (Å²) in [6.45, 7) is 4.09. The van der Waals surface area contributed by atoms with Crippen LogP contribution in [0.25, 0.3) is 0 Å². The Balaban J connectivity index is 2.61. The molecule has 1 N–H and O–H groups in total. The summed E-state index contributed by atoms with van der Waals surface area (Å²) >= 11 is 0. The predicted octanol–water partition coefficient (Wildman–Crippen LogP) is 2.05. The molecule has 4 nitrogen and oxygen atoms in total. The van der Waals surface area contributed by atoms with Crippen LogP contribution in [-0.4, -0.2) is 31.4 Å². The molecule has 1 rings (SSSR count). The Kier molecular flexibility index (Phi) is 6.22. The lowest BCUT2D eigenvalue weighted by Gasteiger charge is -2.21. The summed E-state index contributed by atoms with van der Waals surface area (Å²) in [5, 5.41) is 3.00. The molecule has 0 aliphatic rings. The number of carbonyl (C=O) groups is 2. The van der Waals surface area contributed by atoms with E-state index in [2.05, 4.69) is 5.32 Å². The lowest BCUT2D eigenvalue weighted by atomic mass is 9.99. The topological polar surface area (TPSA) is 55.4 Å². The van der Waals surface area contributed by atoms with Gasteiger partial charge in [0.1, 0.15) is 6.04 Å². The second-order valence-corrected chi connectivity index (χ2v) is 4.56. The Bertz CT molecular complexity index is 417. The first-order valence-electron chi connectivity index (χ1n) is 6.49. The molecule has 0 heterocycles. The Hall–Kier alpha value is -1.68. The molecule has 2 atom stereocenters. The van der Waals surface area contributed by atoms with Crippen LogP contribution in [0.4, 0.5) is 0 Å². The van der Waals surface area contributed by atoms with Crippen molar-refractivity contribution in [3.05, 3.63) is 35.9 Å². The van der Waals surface area contributed by atoms with Crippen LogP contribution >= 0.6 is 0 Å². The van der Waals surface area contributed by atoms with Gasteiger partial charge in [-0.25, -0.2) is 0 Å². The summed E-state index contributed by atoms with van der Waals surface area (Å²) in [4.78, 5) is 23.6. The Labute approximate surface area is 114 Å². The van der Waals surface area contributed by atoms with Gasteiger partial charge in [0.15, 0.2) is 5.78 Å². The smallest absolute Gasteiger partial charge is 0.323 e. The number of hydrogen-bond acceptors (Lipinski definition) is 4. The van der Waals surface area contributed by atoms with Gasteiger partial charge in [-0.05, 0) is 5.92 Å². The summed E-state index contributed by atoms with van der Waals surface area (Å²) in [5.41, 5.74) is 0.641. The van der Waals surface area contributed by atoms with Gasteiger partial charge in [-0.3, -0.25) is 14.9 Å². The average molecular weight is 263 g/mol. The minimum Gasteiger partial charge on any atom is -0.468 e. The lowest BCUT2D eigenvalue weighted by molar-refractivity contribution is -0.144. The minimum absolute atomic E-state index is 0.0298. The fourth-order valence-corrected chi connectivity index (χ4v) is 1.81. The third-order valence-corrected chi connectivity index (χ3v) is 3.25. The molecule has 104 valence electrons. The van der Waals surface area contributed by atoms with E-state index in [-0.39, 0.29) is 24.2 Å². The standard InChI is InChI=1S/C15H21NO3/c1-4-11(2)14(15(18)19-3)16-10-13(17)12-8-6-5-7-9-12/h5-9,11,14,16H,4,10H2,1-3H3. The minimum atomic E-state index is -0.442. The van der Waals surface area contributed by atoms with Gasteiger partial charge in [-0.15, -0.1) is 0 Å². The van der Waals surface area contributed by atoms with Gasteiger partial charge in [0.25, 0.3) is 0 Å². The van der Waals surface area contributed by atoms with E-state index in [1.54, 1.807) is 12.1 Å². The molecule has 0 saturated heterocycles. The number of carbonyl (C=O) groups excluding carboxylic acids is 2. The van der Waals surface area contributed by atoms with Crippen molar-refractivity contribution in [2.24, 2.45) is 5.92 Å². The zero-order valence-electron chi connectivity index (χ0n) is 11.7. The Morgan fingerprint density at radius 3 is 2.42 bits per heavy atom. The number of hydrogen-bond donors (Lipinski definition) is 1. The van der Waals surface area contributed by atoms with Gasteiger partial charge in [-0.1, -0.05) is 50.6 Å². The molecule has 0 aromatic heterocycles. The molecule has 0 aliphatic heterocycles. The van der Waals surface area contributed by atoms with Gasteiger partial charge in [0.2, 0.25) is 0 Å². The summed E-state index contributed by atoms with van der Waals surface area (Å²) < 4.78 is 4.76. The fourth-order valence-electron chi connectivity index (χ4n) is 1.81. The van der Waals surface area contributed by atoms with Crippen LogP contribution < -0.4 is 5.32 Å². The van der Waals surface area contributed by atoms with E-state index in [9.17, 15) is 9.59 Å². The molecule has 0 amide bonds. The Morgan fingerprint density at radius 1 is 1.26 bits per heavy atom. The van der Waals surface area contributed by atoms with Gasteiger partial charge in [0, 0.05) is 5.56 Å². The molecule has 2 unspecified atom stereocenters. The maximum atomic E-state index is 12.0. The van der Waals surface area contributed by atoms with Crippen molar-refractivity contribution in [2.75, 3.05) is 13.7 Å². The highest BCUT2D eigenvalue weighted by atomic mass is 16.5. The third-order valence-electron chi connectivity index (χ3n) is 3.25. The molecule has 1 aromatic carbocycles. The van der Waals surface area contributed by atoms with Crippen LogP contribution in [-0.2, 0) is 9.53 Å². The van der Waals surface area contributed by atoms with Crippen molar-refractivity contribution in [2.45, 2.75) is 26.3 Å². The summed E-state index contributed by atoms with van der Waals surface area (Å²) in [6, 6.07) is 8.59. The first kappa shape index (κ1) is 15.4. The number of Topliss-reactive ketones (excluding diaryl/α,β-unsaturated/α-hetero) is 1. The van der Waals surface area contributed by atoms with Crippen LogP contribution in [0.1, 0.15) is 30.6 Å². The molecule has 0 fully saturated rings. The molecule has 4 heteroatoms. The third kappa shape index (κ3) is 4.48. The fraction of sp³-hybridized carbons (Fsp3) is 0.467. The van der Waals surface area contributed by atoms with E-state index >= 15 is 0 Å². The van der Waals surface area contributed by atoms with Crippen LogP contribution in [0.3, 0.4) is 0 Å². The summed E-state index contributed by atoms with van der Waals surface area (Å²) in [5.74, 6) is -0.232. The Morgan fingerprint density at radius 2 is 1.89 bits per heavy atom. The summed E-state index contributed by atoms with van der Waals surface area (Å²) in [7, 11) is 1.36. The zero-order chi connectivity index (χ0) is 14.3. The van der Waals surface area contributed by atoms with Crippen molar-refractivity contribution in [1.82, 2.24) is 5.32 Å². The predicted molar refractivity (Wildman–Crippen MR) is 74.0 cm³/mol. The van der Waals surface area contributed by atoms with E-state index in [1.165, 1.54) is 7.11 Å². The number of esters is 1. The summed E-state index contributed by atoms with van der Waals surface area (Å²) in [6.07, 6.45) is 0.840. The molecule has 0 spiro atoms. The van der Waals surface area contributed by atoms with E-state index < -0.39 is 6.04 Å². The number of nitrogens with one attached hydrogen (secondary N) is 1. The molecule has 1 aromatic rings. The SMILES string of the molecule is CCC(C)C(NCC(=O)c1ccccc1)C(=O)OC. The van der Waals surface area contributed by atoms with Gasteiger partial charge in [0.05, 0.1) is 13.7 Å². The number of methoxy groups -OCH3 is 1. The lowest BCUT2D eigenvalue weighted by Crippen LogP contribution is -2.44. The largest absolute Gasteiger partial charge is 0.468 e. The van der Waals surface area contributed by atoms with E-state index in [4.69, 9.17) is 4.74 Å². The number of benzene rings is 1. The number of rotatable bonds is 7. The monoisotopic (exact) mass is 263 g/mol. The van der Waals surface area contributed by atoms with Gasteiger partial charge < -0.3 is 4.74 Å². The zero-order valence-corrected chi connectivity index (χ0v) is 11.7. The second kappa shape index (κ2) is 7.69. The van der Waals surface area contributed by atoms with Crippen molar-refractivity contribution in [3.8, 4) is 0 Å². The quantitative estimate of drug-likeness (QED) is 0.604. The molecular formula is C15H21NO3. The van der Waals surface area contributed by atoms with Crippen molar-refractivity contribution < 1.29 is 14.3 Å². The first-order chi connectivity index (χ1) is 9.10. The van der Waals surface area contributed by atoms with E-state index in [1.807, 2.05) is 32.0 Å². The average Bonchev–Trinajstić information content (AvgIpc) is 2.47.